The molecule has 21 heavy (non-hydrogen) atoms. The van der Waals surface area contributed by atoms with E-state index in [1.165, 1.54) is 19.3 Å². The summed E-state index contributed by atoms with van der Waals surface area (Å²) < 4.78 is 2.22. The van der Waals surface area contributed by atoms with Gasteiger partial charge in [-0.3, -0.25) is 0 Å². The van der Waals surface area contributed by atoms with Gasteiger partial charge >= 0.3 is 0 Å². The van der Waals surface area contributed by atoms with E-state index >= 15 is 0 Å². The van der Waals surface area contributed by atoms with E-state index < -0.39 is 0 Å². The lowest BCUT2D eigenvalue weighted by atomic mass is 10.00. The van der Waals surface area contributed by atoms with Gasteiger partial charge in [-0.05, 0) is 58.2 Å². The first kappa shape index (κ1) is 15.0. The van der Waals surface area contributed by atoms with Crippen molar-refractivity contribution in [1.82, 2.24) is 9.66 Å². The summed E-state index contributed by atoms with van der Waals surface area (Å²) in [7, 11) is 0. The second-order valence-corrected chi connectivity index (χ2v) is 7.13. The van der Waals surface area contributed by atoms with Crippen LogP contribution in [0.25, 0.3) is 11.0 Å². The van der Waals surface area contributed by atoms with Crippen molar-refractivity contribution in [2.75, 3.05) is 5.01 Å². The molecule has 1 aromatic carbocycles. The molecule has 0 saturated carbocycles. The Morgan fingerprint density at radius 2 is 1.90 bits per heavy atom. The molecular formula is C16H21Cl2N3. The van der Waals surface area contributed by atoms with Crippen LogP contribution < -0.4 is 5.01 Å². The van der Waals surface area contributed by atoms with Gasteiger partial charge in [0.1, 0.15) is 5.82 Å². The summed E-state index contributed by atoms with van der Waals surface area (Å²) in [4.78, 5) is 4.72. The van der Waals surface area contributed by atoms with E-state index in [0.717, 1.165) is 16.9 Å². The number of hydrogen-bond donors (Lipinski definition) is 0. The van der Waals surface area contributed by atoms with Crippen LogP contribution >= 0.6 is 23.2 Å². The molecule has 0 N–H and O–H groups in total. The minimum atomic E-state index is -0.141. The first-order chi connectivity index (χ1) is 9.99. The number of piperidine rings is 1. The highest BCUT2D eigenvalue weighted by atomic mass is 35.5. The fraction of sp³-hybridized carbons (Fsp3) is 0.562. The number of imidazole rings is 1. The Balaban J connectivity index is 2.21. The summed E-state index contributed by atoms with van der Waals surface area (Å²) in [6, 6.07) is 6.84. The maximum atomic E-state index is 6.39. The molecule has 0 radical (unpaired) electrons. The lowest BCUT2D eigenvalue weighted by Gasteiger charge is -2.42. The Morgan fingerprint density at radius 1 is 1.24 bits per heavy atom. The molecule has 1 saturated heterocycles. The number of alkyl halides is 1. The lowest BCUT2D eigenvalue weighted by molar-refractivity contribution is 0.335. The Morgan fingerprint density at radius 3 is 2.52 bits per heavy atom. The van der Waals surface area contributed by atoms with Crippen molar-refractivity contribution in [3.63, 3.8) is 0 Å². The number of benzene rings is 1. The third-order valence-corrected chi connectivity index (χ3v) is 4.78. The summed E-state index contributed by atoms with van der Waals surface area (Å²) in [6.07, 6.45) is 3.68. The maximum absolute atomic E-state index is 6.39. The zero-order valence-electron chi connectivity index (χ0n) is 12.7. The number of hydrogen-bond acceptors (Lipinski definition) is 2. The largest absolute Gasteiger partial charge is 0.305 e. The van der Waals surface area contributed by atoms with Crippen LogP contribution in [-0.4, -0.2) is 21.7 Å². The fourth-order valence-corrected chi connectivity index (χ4v) is 3.67. The van der Waals surface area contributed by atoms with Crippen LogP contribution in [0.1, 0.15) is 51.2 Å². The van der Waals surface area contributed by atoms with Gasteiger partial charge in [0.05, 0.1) is 16.4 Å². The molecule has 1 aliphatic rings. The molecule has 114 valence electrons. The van der Waals surface area contributed by atoms with E-state index in [1.54, 1.807) is 0 Å². The second kappa shape index (κ2) is 5.69. The van der Waals surface area contributed by atoms with Crippen molar-refractivity contribution in [3.8, 4) is 0 Å². The topological polar surface area (TPSA) is 21.1 Å². The monoisotopic (exact) mass is 325 g/mol. The van der Waals surface area contributed by atoms with Crippen molar-refractivity contribution in [2.45, 2.75) is 57.5 Å². The Labute approximate surface area is 135 Å². The molecule has 1 aromatic heterocycles. The van der Waals surface area contributed by atoms with Gasteiger partial charge in [0.25, 0.3) is 0 Å². The predicted octanol–water partition coefficient (Wildman–Crippen LogP) is 4.89. The molecule has 1 aliphatic heterocycles. The van der Waals surface area contributed by atoms with Crippen LogP contribution in [0.2, 0.25) is 5.02 Å². The SMILES string of the molecule is CC(Cl)c1nc2cc(Cl)ccc2n1N1C(C)CCCC1C. The normalized spacial score (nSPS) is 24.5. The van der Waals surface area contributed by atoms with E-state index in [2.05, 4.69) is 23.5 Å². The van der Waals surface area contributed by atoms with E-state index in [1.807, 2.05) is 25.1 Å². The quantitative estimate of drug-likeness (QED) is 0.733. The van der Waals surface area contributed by atoms with Gasteiger partial charge in [-0.1, -0.05) is 11.6 Å². The molecule has 3 nitrogen and oxygen atoms in total. The van der Waals surface area contributed by atoms with Crippen LogP contribution in [0.3, 0.4) is 0 Å². The highest BCUT2D eigenvalue weighted by Gasteiger charge is 2.29. The van der Waals surface area contributed by atoms with Crippen LogP contribution in [0.4, 0.5) is 0 Å². The predicted molar refractivity (Wildman–Crippen MR) is 90.0 cm³/mol. The molecule has 2 heterocycles. The molecule has 2 aromatic rings. The standard InChI is InChI=1S/C16H21Cl2N3/c1-10-5-4-6-11(2)20(10)21-15-8-7-13(18)9-14(15)19-16(21)12(3)17/h7-12H,4-6H2,1-3H3. The zero-order chi connectivity index (χ0) is 15.1. The summed E-state index contributed by atoms with van der Waals surface area (Å²) in [5, 5.41) is 3.00. The third kappa shape index (κ3) is 2.62. The molecule has 0 amide bonds. The summed E-state index contributed by atoms with van der Waals surface area (Å²) in [6.45, 7) is 6.53. The number of halogens is 2. The van der Waals surface area contributed by atoms with Gasteiger partial charge in [0.2, 0.25) is 0 Å². The molecule has 5 heteroatoms. The highest BCUT2D eigenvalue weighted by Crippen LogP contribution is 2.31. The Hall–Kier alpha value is -0.930. The van der Waals surface area contributed by atoms with Crippen LogP contribution in [-0.2, 0) is 0 Å². The minimum Gasteiger partial charge on any atom is -0.305 e. The fourth-order valence-electron chi connectivity index (χ4n) is 3.36. The van der Waals surface area contributed by atoms with Gasteiger partial charge in [-0.25, -0.2) is 9.66 Å². The molecule has 0 spiro atoms. The maximum Gasteiger partial charge on any atom is 0.146 e. The summed E-state index contributed by atoms with van der Waals surface area (Å²) >= 11 is 12.5. The van der Waals surface area contributed by atoms with Crippen molar-refractivity contribution < 1.29 is 0 Å². The Kier molecular flexibility index (Phi) is 4.06. The minimum absolute atomic E-state index is 0.141. The molecule has 0 bridgehead atoms. The van der Waals surface area contributed by atoms with Crippen molar-refractivity contribution in [2.24, 2.45) is 0 Å². The van der Waals surface area contributed by atoms with Gasteiger partial charge in [-0.15, -0.1) is 11.6 Å². The molecule has 3 atom stereocenters. The van der Waals surface area contributed by atoms with E-state index in [4.69, 9.17) is 28.2 Å². The molecule has 0 aliphatic carbocycles. The van der Waals surface area contributed by atoms with Crippen molar-refractivity contribution in [3.05, 3.63) is 29.0 Å². The Bertz CT molecular complexity index is 640. The third-order valence-electron chi connectivity index (χ3n) is 4.35. The lowest BCUT2D eigenvalue weighted by Crippen LogP contribution is -2.51. The number of nitrogens with zero attached hydrogens (tertiary/aromatic N) is 3. The number of aromatic nitrogens is 2. The molecule has 3 rings (SSSR count). The van der Waals surface area contributed by atoms with Gasteiger partial charge < -0.3 is 5.01 Å². The smallest absolute Gasteiger partial charge is 0.146 e. The van der Waals surface area contributed by atoms with E-state index in [0.29, 0.717) is 17.1 Å². The average molecular weight is 326 g/mol. The number of rotatable bonds is 2. The first-order valence-electron chi connectivity index (χ1n) is 7.59. The van der Waals surface area contributed by atoms with Crippen LogP contribution in [0, 0.1) is 0 Å². The highest BCUT2D eigenvalue weighted by molar-refractivity contribution is 6.31. The van der Waals surface area contributed by atoms with E-state index in [9.17, 15) is 0 Å². The summed E-state index contributed by atoms with van der Waals surface area (Å²) in [5.74, 6) is 0.898. The van der Waals surface area contributed by atoms with Crippen LogP contribution in [0.5, 0.6) is 0 Å². The number of fused-ring (bicyclic) bond motifs is 1. The van der Waals surface area contributed by atoms with Gasteiger partial charge in [0.15, 0.2) is 0 Å². The van der Waals surface area contributed by atoms with Gasteiger partial charge in [0, 0.05) is 17.1 Å². The summed E-state index contributed by atoms with van der Waals surface area (Å²) in [5.41, 5.74) is 2.00. The average Bonchev–Trinajstić information content (AvgIpc) is 2.77. The molecular weight excluding hydrogens is 305 g/mol. The first-order valence-corrected chi connectivity index (χ1v) is 8.41. The van der Waals surface area contributed by atoms with Crippen molar-refractivity contribution in [1.29, 1.82) is 0 Å². The molecule has 3 unspecified atom stereocenters. The second-order valence-electron chi connectivity index (χ2n) is 6.04. The van der Waals surface area contributed by atoms with Crippen molar-refractivity contribution >= 4 is 34.2 Å². The van der Waals surface area contributed by atoms with Gasteiger partial charge in [-0.2, -0.15) is 0 Å². The van der Waals surface area contributed by atoms with E-state index in [-0.39, 0.29) is 5.38 Å². The van der Waals surface area contributed by atoms with Crippen LogP contribution in [0.15, 0.2) is 18.2 Å². The molecule has 1 fully saturated rings. The zero-order valence-corrected chi connectivity index (χ0v) is 14.2.